The number of nitrogens with zero attached hydrogens (tertiary/aromatic N) is 1. The van der Waals surface area contributed by atoms with Crippen LogP contribution < -0.4 is 19.1 Å². The van der Waals surface area contributed by atoms with Crippen LogP contribution in [0, 0.1) is 11.8 Å². The molecule has 0 fully saturated rings. The highest BCUT2D eigenvalue weighted by Gasteiger charge is 2.20. The SMILES string of the molecule is COc1cc(N(Cc2cc3ccccc3[nH]2)CC(C)C(C)C)cc(OC)c1OC. The zero-order valence-electron chi connectivity index (χ0n) is 18.3. The number of nitrogens with one attached hydrogen (secondary N) is 1. The van der Waals surface area contributed by atoms with Gasteiger partial charge in [-0.15, -0.1) is 0 Å². The molecule has 0 spiro atoms. The molecule has 1 aromatic heterocycles. The smallest absolute Gasteiger partial charge is 0.203 e. The van der Waals surface area contributed by atoms with Crippen molar-refractivity contribution in [1.82, 2.24) is 4.98 Å². The van der Waals surface area contributed by atoms with E-state index in [9.17, 15) is 0 Å². The Balaban J connectivity index is 2.00. The van der Waals surface area contributed by atoms with Crippen LogP contribution in [0.1, 0.15) is 26.5 Å². The van der Waals surface area contributed by atoms with Crippen molar-refractivity contribution in [3.05, 3.63) is 48.2 Å². The topological polar surface area (TPSA) is 46.7 Å². The molecule has 1 unspecified atom stereocenters. The first-order valence-electron chi connectivity index (χ1n) is 10.1. The molecule has 0 saturated heterocycles. The van der Waals surface area contributed by atoms with Gasteiger partial charge in [-0.1, -0.05) is 39.0 Å². The van der Waals surface area contributed by atoms with E-state index in [0.29, 0.717) is 29.1 Å². The molecular formula is C24H32N2O3. The van der Waals surface area contributed by atoms with Gasteiger partial charge in [-0.3, -0.25) is 0 Å². The van der Waals surface area contributed by atoms with Gasteiger partial charge in [0.25, 0.3) is 0 Å². The highest BCUT2D eigenvalue weighted by molar-refractivity contribution is 5.80. The number of rotatable bonds is 9. The van der Waals surface area contributed by atoms with Gasteiger partial charge in [-0.25, -0.2) is 0 Å². The summed E-state index contributed by atoms with van der Waals surface area (Å²) in [7, 11) is 4.93. The van der Waals surface area contributed by atoms with Crippen molar-refractivity contribution in [1.29, 1.82) is 0 Å². The highest BCUT2D eigenvalue weighted by atomic mass is 16.5. The zero-order valence-corrected chi connectivity index (χ0v) is 18.3. The molecule has 5 nitrogen and oxygen atoms in total. The molecule has 0 aliphatic carbocycles. The first-order valence-corrected chi connectivity index (χ1v) is 10.1. The van der Waals surface area contributed by atoms with Gasteiger partial charge < -0.3 is 24.1 Å². The van der Waals surface area contributed by atoms with E-state index in [4.69, 9.17) is 14.2 Å². The Hall–Kier alpha value is -2.82. The summed E-state index contributed by atoms with van der Waals surface area (Å²) in [5.74, 6) is 3.06. The van der Waals surface area contributed by atoms with Crippen LogP contribution >= 0.6 is 0 Å². The number of anilines is 1. The molecule has 29 heavy (non-hydrogen) atoms. The van der Waals surface area contributed by atoms with Gasteiger partial charge >= 0.3 is 0 Å². The molecular weight excluding hydrogens is 364 g/mol. The summed E-state index contributed by atoms with van der Waals surface area (Å²) < 4.78 is 16.7. The van der Waals surface area contributed by atoms with Crippen molar-refractivity contribution >= 4 is 16.6 Å². The fraction of sp³-hybridized carbons (Fsp3) is 0.417. The van der Waals surface area contributed by atoms with Crippen LogP contribution in [0.5, 0.6) is 17.2 Å². The number of methoxy groups -OCH3 is 3. The Bertz CT molecular complexity index is 890. The van der Waals surface area contributed by atoms with Crippen LogP contribution in [-0.4, -0.2) is 32.9 Å². The minimum atomic E-state index is 0.526. The van der Waals surface area contributed by atoms with E-state index >= 15 is 0 Å². The van der Waals surface area contributed by atoms with E-state index in [1.807, 2.05) is 12.1 Å². The standard InChI is InChI=1S/C24H32N2O3/c1-16(2)17(3)14-26(15-19-11-18-9-7-8-10-21(18)25-19)20-12-22(27-4)24(29-6)23(13-20)28-5/h7-13,16-17,25H,14-15H2,1-6H3. The van der Waals surface area contributed by atoms with Crippen LogP contribution in [0.4, 0.5) is 5.69 Å². The maximum atomic E-state index is 5.58. The van der Waals surface area contributed by atoms with E-state index in [-0.39, 0.29) is 0 Å². The normalized spacial score (nSPS) is 12.2. The Labute approximate surface area is 173 Å². The lowest BCUT2D eigenvalue weighted by molar-refractivity contribution is 0.324. The maximum Gasteiger partial charge on any atom is 0.203 e. The van der Waals surface area contributed by atoms with Gasteiger partial charge in [0.05, 0.1) is 27.9 Å². The van der Waals surface area contributed by atoms with Crippen LogP contribution in [0.15, 0.2) is 42.5 Å². The van der Waals surface area contributed by atoms with Crippen LogP contribution in [0.25, 0.3) is 10.9 Å². The number of aromatic amines is 1. The molecule has 1 atom stereocenters. The van der Waals surface area contributed by atoms with E-state index in [0.717, 1.165) is 24.3 Å². The number of H-pyrrole nitrogens is 1. The Morgan fingerprint density at radius 2 is 1.55 bits per heavy atom. The summed E-state index contributed by atoms with van der Waals surface area (Å²) in [6, 6.07) is 14.6. The summed E-state index contributed by atoms with van der Waals surface area (Å²) in [6.45, 7) is 8.51. The van der Waals surface area contributed by atoms with Crippen molar-refractivity contribution in [3.63, 3.8) is 0 Å². The van der Waals surface area contributed by atoms with E-state index in [1.165, 1.54) is 11.1 Å². The molecule has 0 aliphatic rings. The maximum absolute atomic E-state index is 5.58. The fourth-order valence-electron chi connectivity index (χ4n) is 3.49. The third-order valence-electron chi connectivity index (χ3n) is 5.61. The van der Waals surface area contributed by atoms with Gasteiger partial charge in [0.15, 0.2) is 11.5 Å². The minimum absolute atomic E-state index is 0.526. The molecule has 0 aliphatic heterocycles. The second kappa shape index (κ2) is 9.12. The van der Waals surface area contributed by atoms with Crippen LogP contribution in [-0.2, 0) is 6.54 Å². The van der Waals surface area contributed by atoms with E-state index in [1.54, 1.807) is 21.3 Å². The Kier molecular flexibility index (Phi) is 6.57. The molecule has 2 aromatic carbocycles. The number of hydrogen-bond donors (Lipinski definition) is 1. The minimum Gasteiger partial charge on any atom is -0.493 e. The lowest BCUT2D eigenvalue weighted by atomic mass is 9.97. The molecule has 156 valence electrons. The molecule has 1 heterocycles. The number of fused-ring (bicyclic) bond motifs is 1. The summed E-state index contributed by atoms with van der Waals surface area (Å²) in [6.07, 6.45) is 0. The second-order valence-corrected chi connectivity index (χ2v) is 7.87. The van der Waals surface area contributed by atoms with Crippen molar-refractivity contribution in [2.75, 3.05) is 32.8 Å². The third-order valence-corrected chi connectivity index (χ3v) is 5.61. The van der Waals surface area contributed by atoms with E-state index in [2.05, 4.69) is 61.0 Å². The summed E-state index contributed by atoms with van der Waals surface area (Å²) in [4.78, 5) is 5.92. The predicted octanol–water partition coefficient (Wildman–Crippen LogP) is 5.49. The highest BCUT2D eigenvalue weighted by Crippen LogP contribution is 2.41. The van der Waals surface area contributed by atoms with Crippen molar-refractivity contribution in [3.8, 4) is 17.2 Å². The van der Waals surface area contributed by atoms with E-state index < -0.39 is 0 Å². The number of hydrogen-bond acceptors (Lipinski definition) is 4. The summed E-state index contributed by atoms with van der Waals surface area (Å²) in [5, 5.41) is 1.23. The van der Waals surface area contributed by atoms with Gasteiger partial charge in [0, 0.05) is 35.6 Å². The lowest BCUT2D eigenvalue weighted by Gasteiger charge is -2.30. The number of benzene rings is 2. The van der Waals surface area contributed by atoms with Gasteiger partial charge in [0.2, 0.25) is 5.75 Å². The Morgan fingerprint density at radius 1 is 0.897 bits per heavy atom. The lowest BCUT2D eigenvalue weighted by Crippen LogP contribution is -2.30. The fourth-order valence-corrected chi connectivity index (χ4v) is 3.49. The third kappa shape index (κ3) is 4.61. The van der Waals surface area contributed by atoms with Gasteiger partial charge in [0.1, 0.15) is 0 Å². The second-order valence-electron chi connectivity index (χ2n) is 7.87. The van der Waals surface area contributed by atoms with Gasteiger partial charge in [-0.2, -0.15) is 0 Å². The number of ether oxygens (including phenoxy) is 3. The first-order chi connectivity index (χ1) is 14.0. The quantitative estimate of drug-likeness (QED) is 0.519. The molecule has 3 rings (SSSR count). The molecule has 0 saturated carbocycles. The van der Waals surface area contributed by atoms with Crippen LogP contribution in [0.2, 0.25) is 0 Å². The molecule has 3 aromatic rings. The zero-order chi connectivity index (χ0) is 21.0. The summed E-state index contributed by atoms with van der Waals surface area (Å²) in [5.41, 5.74) is 3.38. The average molecular weight is 397 g/mol. The largest absolute Gasteiger partial charge is 0.493 e. The van der Waals surface area contributed by atoms with Crippen LogP contribution in [0.3, 0.4) is 0 Å². The first kappa shape index (κ1) is 20.9. The number of para-hydroxylation sites is 1. The van der Waals surface area contributed by atoms with Crippen molar-refractivity contribution in [2.45, 2.75) is 27.3 Å². The van der Waals surface area contributed by atoms with Crippen molar-refractivity contribution in [2.24, 2.45) is 11.8 Å². The predicted molar refractivity (Wildman–Crippen MR) is 119 cm³/mol. The molecule has 5 heteroatoms. The monoisotopic (exact) mass is 396 g/mol. The summed E-state index contributed by atoms with van der Waals surface area (Å²) >= 11 is 0. The van der Waals surface area contributed by atoms with Crippen molar-refractivity contribution < 1.29 is 14.2 Å². The molecule has 0 bridgehead atoms. The molecule has 1 N–H and O–H groups in total. The average Bonchev–Trinajstić information content (AvgIpc) is 3.14. The molecule has 0 radical (unpaired) electrons. The number of aromatic nitrogens is 1. The Morgan fingerprint density at radius 3 is 2.10 bits per heavy atom. The molecule has 0 amide bonds. The van der Waals surface area contributed by atoms with Gasteiger partial charge in [-0.05, 0) is 29.4 Å².